The van der Waals surface area contributed by atoms with Gasteiger partial charge in [0.1, 0.15) is 0 Å². The first-order valence-corrected chi connectivity index (χ1v) is 8.23. The number of esters is 1. The lowest BCUT2D eigenvalue weighted by molar-refractivity contribution is 0.0600. The number of ether oxygens (including phenoxy) is 1. The zero-order valence-electron chi connectivity index (χ0n) is 12.8. The molecule has 6 nitrogen and oxygen atoms in total. The Labute approximate surface area is 137 Å². The standard InChI is InChI=1S/C14H20N2O4S.ClH/c1-10-8-12(4-5-13(10)14(17)20-3)21(18,19)16-7-6-15-9-11(16)2;/h4-5,8,11,15H,6-7,9H2,1-3H3;1H. The van der Waals surface area contributed by atoms with E-state index in [1.807, 2.05) is 6.92 Å². The van der Waals surface area contributed by atoms with Crippen molar-refractivity contribution >= 4 is 28.4 Å². The van der Waals surface area contributed by atoms with Gasteiger partial charge in [-0.3, -0.25) is 0 Å². The number of carbonyl (C=O) groups excluding carboxylic acids is 1. The van der Waals surface area contributed by atoms with Gasteiger partial charge in [0.15, 0.2) is 0 Å². The summed E-state index contributed by atoms with van der Waals surface area (Å²) in [6.07, 6.45) is 0. The second kappa shape index (κ2) is 7.41. The van der Waals surface area contributed by atoms with Crippen molar-refractivity contribution in [2.75, 3.05) is 26.7 Å². The minimum Gasteiger partial charge on any atom is -0.465 e. The summed E-state index contributed by atoms with van der Waals surface area (Å²) in [6, 6.07) is 4.39. The molecule has 0 bridgehead atoms. The number of methoxy groups -OCH3 is 1. The van der Waals surface area contributed by atoms with Crippen LogP contribution in [0.25, 0.3) is 0 Å². The summed E-state index contributed by atoms with van der Waals surface area (Å²) >= 11 is 0. The van der Waals surface area contributed by atoms with E-state index in [1.165, 1.54) is 29.6 Å². The predicted octanol–water partition coefficient (Wildman–Crippen LogP) is 1.19. The van der Waals surface area contributed by atoms with E-state index in [-0.39, 0.29) is 23.3 Å². The Bertz CT molecular complexity index is 648. The van der Waals surface area contributed by atoms with E-state index >= 15 is 0 Å². The lowest BCUT2D eigenvalue weighted by Crippen LogP contribution is -2.52. The van der Waals surface area contributed by atoms with Gasteiger partial charge in [-0.05, 0) is 37.6 Å². The zero-order valence-corrected chi connectivity index (χ0v) is 14.5. The molecule has 1 aliphatic heterocycles. The lowest BCUT2D eigenvalue weighted by atomic mass is 10.1. The van der Waals surface area contributed by atoms with E-state index in [9.17, 15) is 13.2 Å². The molecule has 1 atom stereocenters. The van der Waals surface area contributed by atoms with Crippen molar-refractivity contribution in [1.29, 1.82) is 0 Å². The summed E-state index contributed by atoms with van der Waals surface area (Å²) in [7, 11) is -2.24. The highest BCUT2D eigenvalue weighted by atomic mass is 35.5. The van der Waals surface area contributed by atoms with Gasteiger partial charge >= 0.3 is 5.97 Å². The van der Waals surface area contributed by atoms with Gasteiger partial charge in [-0.15, -0.1) is 12.4 Å². The van der Waals surface area contributed by atoms with Gasteiger partial charge < -0.3 is 10.1 Å². The molecule has 1 N–H and O–H groups in total. The second-order valence-electron chi connectivity index (χ2n) is 5.14. The molecule has 0 amide bonds. The summed E-state index contributed by atoms with van der Waals surface area (Å²) in [5, 5.41) is 3.16. The summed E-state index contributed by atoms with van der Waals surface area (Å²) in [5.74, 6) is -0.466. The number of halogens is 1. The Kier molecular flexibility index (Phi) is 6.37. The molecule has 0 spiro atoms. The minimum absolute atomic E-state index is 0. The number of aryl methyl sites for hydroxylation is 1. The molecule has 0 saturated carbocycles. The van der Waals surface area contributed by atoms with Crippen LogP contribution in [0.5, 0.6) is 0 Å². The monoisotopic (exact) mass is 348 g/mol. The highest BCUT2D eigenvalue weighted by Gasteiger charge is 2.31. The van der Waals surface area contributed by atoms with Gasteiger partial charge in [0, 0.05) is 25.7 Å². The van der Waals surface area contributed by atoms with Gasteiger partial charge in [-0.25, -0.2) is 13.2 Å². The van der Waals surface area contributed by atoms with Crippen LogP contribution in [0.1, 0.15) is 22.8 Å². The Balaban J connectivity index is 0.00000242. The first-order chi connectivity index (χ1) is 9.87. The quantitative estimate of drug-likeness (QED) is 0.830. The van der Waals surface area contributed by atoms with Crippen LogP contribution in [0.2, 0.25) is 0 Å². The Morgan fingerprint density at radius 2 is 2.09 bits per heavy atom. The molecule has 22 heavy (non-hydrogen) atoms. The second-order valence-corrected chi connectivity index (χ2v) is 7.03. The lowest BCUT2D eigenvalue weighted by Gasteiger charge is -2.32. The molecule has 1 saturated heterocycles. The van der Waals surface area contributed by atoms with Crippen molar-refractivity contribution in [2.24, 2.45) is 0 Å². The molecular weight excluding hydrogens is 328 g/mol. The SMILES string of the molecule is COC(=O)c1ccc(S(=O)(=O)N2CCNCC2C)cc1C.Cl. The van der Waals surface area contributed by atoms with Gasteiger partial charge in [-0.1, -0.05) is 0 Å². The van der Waals surface area contributed by atoms with Crippen molar-refractivity contribution in [2.45, 2.75) is 24.8 Å². The molecule has 1 unspecified atom stereocenters. The molecule has 124 valence electrons. The van der Waals surface area contributed by atoms with Crippen molar-refractivity contribution in [1.82, 2.24) is 9.62 Å². The third-order valence-corrected chi connectivity index (χ3v) is 5.66. The summed E-state index contributed by atoms with van der Waals surface area (Å²) in [4.78, 5) is 11.8. The number of sulfonamides is 1. The van der Waals surface area contributed by atoms with Crippen molar-refractivity contribution in [3.05, 3.63) is 29.3 Å². The first kappa shape index (κ1) is 18.9. The number of nitrogens with zero attached hydrogens (tertiary/aromatic N) is 1. The maximum absolute atomic E-state index is 12.7. The van der Waals surface area contributed by atoms with Crippen LogP contribution >= 0.6 is 12.4 Å². The van der Waals surface area contributed by atoms with Gasteiger partial charge in [0.2, 0.25) is 10.0 Å². The number of rotatable bonds is 3. The van der Waals surface area contributed by atoms with E-state index in [0.717, 1.165) is 0 Å². The highest BCUT2D eigenvalue weighted by molar-refractivity contribution is 7.89. The Hall–Kier alpha value is -1.15. The van der Waals surface area contributed by atoms with Gasteiger partial charge in [0.25, 0.3) is 0 Å². The van der Waals surface area contributed by atoms with Crippen LogP contribution in [-0.2, 0) is 14.8 Å². The molecular formula is C14H21ClN2O4S. The Morgan fingerprint density at radius 1 is 1.41 bits per heavy atom. The number of hydrogen-bond acceptors (Lipinski definition) is 5. The molecule has 1 aliphatic rings. The van der Waals surface area contributed by atoms with Crippen LogP contribution in [0, 0.1) is 6.92 Å². The van der Waals surface area contributed by atoms with E-state index in [0.29, 0.717) is 30.8 Å². The van der Waals surface area contributed by atoms with E-state index in [4.69, 9.17) is 0 Å². The van der Waals surface area contributed by atoms with Gasteiger partial charge in [0.05, 0.1) is 17.6 Å². The normalized spacial score (nSPS) is 19.3. The number of piperazine rings is 1. The van der Waals surface area contributed by atoms with Crippen LogP contribution in [0.3, 0.4) is 0 Å². The smallest absolute Gasteiger partial charge is 0.338 e. The summed E-state index contributed by atoms with van der Waals surface area (Å²) in [5.41, 5.74) is 0.968. The third-order valence-electron chi connectivity index (χ3n) is 3.65. The highest BCUT2D eigenvalue weighted by Crippen LogP contribution is 2.22. The van der Waals surface area contributed by atoms with Crippen LogP contribution in [-0.4, -0.2) is 51.5 Å². The number of hydrogen-bond donors (Lipinski definition) is 1. The molecule has 1 aromatic carbocycles. The fourth-order valence-electron chi connectivity index (χ4n) is 2.45. The van der Waals surface area contributed by atoms with E-state index in [2.05, 4.69) is 10.1 Å². The Morgan fingerprint density at radius 3 is 2.64 bits per heavy atom. The number of benzene rings is 1. The van der Waals surface area contributed by atoms with Crippen molar-refractivity contribution in [3.63, 3.8) is 0 Å². The maximum atomic E-state index is 12.7. The third kappa shape index (κ3) is 3.60. The van der Waals surface area contributed by atoms with Crippen molar-refractivity contribution in [3.8, 4) is 0 Å². The molecule has 1 heterocycles. The van der Waals surface area contributed by atoms with E-state index in [1.54, 1.807) is 6.92 Å². The average Bonchev–Trinajstić information content (AvgIpc) is 2.46. The minimum atomic E-state index is -3.54. The topological polar surface area (TPSA) is 75.7 Å². The van der Waals surface area contributed by atoms with Crippen LogP contribution in [0.15, 0.2) is 23.1 Å². The maximum Gasteiger partial charge on any atom is 0.338 e. The zero-order chi connectivity index (χ0) is 15.6. The van der Waals surface area contributed by atoms with Crippen molar-refractivity contribution < 1.29 is 17.9 Å². The predicted molar refractivity (Wildman–Crippen MR) is 86.0 cm³/mol. The molecule has 1 aromatic rings. The van der Waals surface area contributed by atoms with Crippen LogP contribution < -0.4 is 5.32 Å². The molecule has 0 aliphatic carbocycles. The fraction of sp³-hybridized carbons (Fsp3) is 0.500. The number of nitrogens with one attached hydrogen (secondary N) is 1. The largest absolute Gasteiger partial charge is 0.465 e. The van der Waals surface area contributed by atoms with Crippen LogP contribution in [0.4, 0.5) is 0 Å². The van der Waals surface area contributed by atoms with E-state index < -0.39 is 16.0 Å². The number of carbonyl (C=O) groups is 1. The molecule has 0 radical (unpaired) electrons. The molecule has 1 fully saturated rings. The van der Waals surface area contributed by atoms with Gasteiger partial charge in [-0.2, -0.15) is 4.31 Å². The molecule has 8 heteroatoms. The molecule has 2 rings (SSSR count). The average molecular weight is 349 g/mol. The fourth-order valence-corrected chi connectivity index (χ4v) is 4.17. The summed E-state index contributed by atoms with van der Waals surface area (Å²) in [6.45, 7) is 5.30. The first-order valence-electron chi connectivity index (χ1n) is 6.79. The molecule has 0 aromatic heterocycles. The summed E-state index contributed by atoms with van der Waals surface area (Å²) < 4.78 is 31.5.